The SMILES string of the molecule is CC1(C)c2ccccc2Sc2cc(-c3cc(N(c4ccccc4)c4ccccc4)cc4c3[B]c3cccc5c3N4c3ccccc3C5(C)C)c(Nc3ccccc3)cc21. The van der Waals surface area contributed by atoms with Crippen molar-refractivity contribution in [2.45, 2.75) is 48.3 Å². The Bertz CT molecular complexity index is 2880. The first-order valence-corrected chi connectivity index (χ1v) is 21.3. The van der Waals surface area contributed by atoms with E-state index in [0.29, 0.717) is 0 Å². The Balaban J connectivity index is 1.23. The number of hydrogen-bond acceptors (Lipinski definition) is 4. The Labute approximate surface area is 352 Å². The zero-order valence-electron chi connectivity index (χ0n) is 33.7. The predicted molar refractivity (Wildman–Crippen MR) is 251 cm³/mol. The second-order valence-electron chi connectivity index (χ2n) is 16.9. The topological polar surface area (TPSA) is 18.5 Å². The molecule has 1 radical (unpaired) electrons. The standard InChI is InChI=1S/C54H43BN3S/c1-53(2)41-25-14-16-29-47(41)58-48-32-38(57(36-21-10-6-11-22-36)37-23-12-7-13-24-37)31-40(51(48)55-45-28-18-27-43(53)52(45)58)39-33-50-44(34-46(39)56-35-19-8-5-9-20-35)54(3,4)42-26-15-17-30-49(42)59-50/h5-34,56H,1-4H3. The van der Waals surface area contributed by atoms with Gasteiger partial charge in [0.15, 0.2) is 7.28 Å². The molecule has 0 spiro atoms. The molecule has 0 fully saturated rings. The zero-order valence-corrected chi connectivity index (χ0v) is 34.5. The molecule has 1 N–H and O–H groups in total. The Morgan fingerprint density at radius 3 is 1.83 bits per heavy atom. The van der Waals surface area contributed by atoms with Gasteiger partial charge in [0.1, 0.15) is 0 Å². The number of nitrogens with zero attached hydrogens (tertiary/aromatic N) is 2. The van der Waals surface area contributed by atoms with E-state index in [9.17, 15) is 0 Å². The van der Waals surface area contributed by atoms with Gasteiger partial charge in [-0.2, -0.15) is 0 Å². The summed E-state index contributed by atoms with van der Waals surface area (Å²) >= 11 is 1.89. The van der Waals surface area contributed by atoms with Crippen LogP contribution < -0.4 is 26.0 Å². The van der Waals surface area contributed by atoms with Crippen LogP contribution >= 0.6 is 11.8 Å². The van der Waals surface area contributed by atoms with E-state index in [0.717, 1.165) is 34.0 Å². The molecule has 0 amide bonds. The largest absolute Gasteiger partial charge is 0.355 e. The molecule has 0 saturated heterocycles. The van der Waals surface area contributed by atoms with Gasteiger partial charge in [0.05, 0.1) is 5.69 Å². The average molecular weight is 777 g/mol. The molecule has 3 heterocycles. The van der Waals surface area contributed by atoms with Gasteiger partial charge in [-0.3, -0.25) is 0 Å². The molecule has 3 nitrogen and oxygen atoms in total. The van der Waals surface area contributed by atoms with E-state index >= 15 is 0 Å². The van der Waals surface area contributed by atoms with Crippen LogP contribution in [0.15, 0.2) is 192 Å². The van der Waals surface area contributed by atoms with Crippen molar-refractivity contribution in [2.75, 3.05) is 15.1 Å². The van der Waals surface area contributed by atoms with E-state index in [1.165, 1.54) is 65.6 Å². The Morgan fingerprint density at radius 1 is 0.492 bits per heavy atom. The highest BCUT2D eigenvalue weighted by Gasteiger charge is 2.42. The van der Waals surface area contributed by atoms with Crippen molar-refractivity contribution in [3.05, 3.63) is 204 Å². The molecule has 0 aromatic heterocycles. The summed E-state index contributed by atoms with van der Waals surface area (Å²) in [7, 11) is 2.45. The van der Waals surface area contributed by atoms with Crippen LogP contribution in [0.5, 0.6) is 0 Å². The van der Waals surface area contributed by atoms with Crippen LogP contribution in [-0.2, 0) is 10.8 Å². The van der Waals surface area contributed by atoms with Crippen LogP contribution in [0.25, 0.3) is 11.1 Å². The fourth-order valence-electron chi connectivity index (χ4n) is 9.70. The third-order valence-electron chi connectivity index (χ3n) is 12.7. The van der Waals surface area contributed by atoms with E-state index in [2.05, 4.69) is 232 Å². The second-order valence-corrected chi connectivity index (χ2v) is 18.0. The van der Waals surface area contributed by atoms with Gasteiger partial charge in [0.2, 0.25) is 0 Å². The number of benzene rings is 8. The van der Waals surface area contributed by atoms with Gasteiger partial charge in [-0.25, -0.2) is 0 Å². The first kappa shape index (κ1) is 35.7. The van der Waals surface area contributed by atoms with Gasteiger partial charge in [0, 0.05) is 66.0 Å². The first-order chi connectivity index (χ1) is 28.8. The van der Waals surface area contributed by atoms with Crippen molar-refractivity contribution in [2.24, 2.45) is 0 Å². The van der Waals surface area contributed by atoms with Gasteiger partial charge in [0.25, 0.3) is 0 Å². The van der Waals surface area contributed by atoms with Gasteiger partial charge in [-0.1, -0.05) is 154 Å². The number of fused-ring (bicyclic) bond motifs is 6. The predicted octanol–water partition coefficient (Wildman–Crippen LogP) is 13.4. The molecule has 8 aromatic rings. The summed E-state index contributed by atoms with van der Waals surface area (Å²) in [6, 6.07) is 66.7. The van der Waals surface area contributed by atoms with Gasteiger partial charge < -0.3 is 15.1 Å². The van der Waals surface area contributed by atoms with Crippen molar-refractivity contribution in [3.8, 4) is 11.1 Å². The minimum Gasteiger partial charge on any atom is -0.355 e. The molecule has 3 aliphatic rings. The van der Waals surface area contributed by atoms with Gasteiger partial charge in [-0.15, -0.1) is 0 Å². The number of anilines is 8. The highest BCUT2D eigenvalue weighted by Crippen LogP contribution is 2.55. The summed E-state index contributed by atoms with van der Waals surface area (Å²) < 4.78 is 0. The lowest BCUT2D eigenvalue weighted by Crippen LogP contribution is -2.45. The summed E-state index contributed by atoms with van der Waals surface area (Å²) in [6.07, 6.45) is 0. The lowest BCUT2D eigenvalue weighted by atomic mass is 9.56. The van der Waals surface area contributed by atoms with Crippen LogP contribution in [0, 0.1) is 0 Å². The number of nitrogens with one attached hydrogen (secondary N) is 1. The summed E-state index contributed by atoms with van der Waals surface area (Å²) in [6.45, 7) is 9.48. The minimum absolute atomic E-state index is 0.171. The van der Waals surface area contributed by atoms with E-state index in [4.69, 9.17) is 0 Å². The quantitative estimate of drug-likeness (QED) is 0.169. The Kier molecular flexibility index (Phi) is 8.22. The lowest BCUT2D eigenvalue weighted by molar-refractivity contribution is 0.608. The maximum Gasteiger partial charge on any atom is 0.197 e. The van der Waals surface area contributed by atoms with Crippen LogP contribution in [-0.4, -0.2) is 7.28 Å². The third kappa shape index (κ3) is 5.67. The fourth-order valence-corrected chi connectivity index (χ4v) is 11.1. The molecule has 3 aliphatic heterocycles. The van der Waals surface area contributed by atoms with Gasteiger partial charge >= 0.3 is 0 Å². The van der Waals surface area contributed by atoms with Crippen molar-refractivity contribution < 1.29 is 0 Å². The number of hydrogen-bond donors (Lipinski definition) is 1. The molecule has 0 bridgehead atoms. The normalized spacial score (nSPS) is 14.7. The van der Waals surface area contributed by atoms with E-state index in [-0.39, 0.29) is 10.8 Å². The molecular formula is C54H43BN3S. The van der Waals surface area contributed by atoms with E-state index < -0.39 is 0 Å². The van der Waals surface area contributed by atoms with Crippen molar-refractivity contribution in [1.82, 2.24) is 0 Å². The molecule has 0 saturated carbocycles. The maximum atomic E-state index is 3.94. The van der Waals surface area contributed by atoms with E-state index in [1.54, 1.807) is 0 Å². The van der Waals surface area contributed by atoms with Crippen LogP contribution in [0.1, 0.15) is 49.9 Å². The smallest absolute Gasteiger partial charge is 0.197 e. The summed E-state index contributed by atoms with van der Waals surface area (Å²) in [5.41, 5.74) is 18.9. The van der Waals surface area contributed by atoms with Crippen LogP contribution in [0.4, 0.5) is 45.5 Å². The highest BCUT2D eigenvalue weighted by atomic mass is 32.2. The molecule has 8 aromatic carbocycles. The summed E-state index contributed by atoms with van der Waals surface area (Å²) in [5.74, 6) is 0. The molecule has 11 rings (SSSR count). The molecule has 0 unspecified atom stereocenters. The maximum absolute atomic E-state index is 3.94. The van der Waals surface area contributed by atoms with Crippen molar-refractivity contribution in [1.29, 1.82) is 0 Å². The second kappa shape index (κ2) is 13.6. The monoisotopic (exact) mass is 776 g/mol. The molecule has 0 atom stereocenters. The average Bonchev–Trinajstić information content (AvgIpc) is 3.26. The van der Waals surface area contributed by atoms with E-state index in [1.807, 2.05) is 11.8 Å². The molecule has 0 aliphatic carbocycles. The Hall–Kier alpha value is -6.43. The third-order valence-corrected chi connectivity index (χ3v) is 13.8. The minimum atomic E-state index is -0.187. The van der Waals surface area contributed by atoms with Crippen molar-refractivity contribution >= 4 is 75.5 Å². The number of para-hydroxylation sites is 5. The molecule has 283 valence electrons. The Morgan fingerprint density at radius 2 is 1.10 bits per heavy atom. The highest BCUT2D eigenvalue weighted by molar-refractivity contribution is 7.99. The van der Waals surface area contributed by atoms with Crippen LogP contribution in [0.3, 0.4) is 0 Å². The first-order valence-electron chi connectivity index (χ1n) is 20.5. The molecular weight excluding hydrogens is 733 g/mol. The van der Waals surface area contributed by atoms with Crippen LogP contribution in [0.2, 0.25) is 0 Å². The number of rotatable bonds is 6. The van der Waals surface area contributed by atoms with Crippen molar-refractivity contribution in [3.63, 3.8) is 0 Å². The fraction of sp³-hybridized carbons (Fsp3) is 0.111. The summed E-state index contributed by atoms with van der Waals surface area (Å²) in [4.78, 5) is 7.56. The van der Waals surface area contributed by atoms with Gasteiger partial charge in [-0.05, 0) is 106 Å². The summed E-state index contributed by atoms with van der Waals surface area (Å²) in [5, 5.41) is 3.94. The zero-order chi connectivity index (χ0) is 39.9. The molecule has 5 heteroatoms. The lowest BCUT2D eigenvalue weighted by Gasteiger charge is -2.46. The molecule has 59 heavy (non-hydrogen) atoms.